The lowest BCUT2D eigenvalue weighted by atomic mass is 10.3. The maximum atomic E-state index is 11.9. The lowest BCUT2D eigenvalue weighted by Gasteiger charge is -2.20. The molecule has 1 aromatic heterocycles. The average molecular weight is 261 g/mol. The van der Waals surface area contributed by atoms with Crippen molar-refractivity contribution >= 4 is 21.8 Å². The van der Waals surface area contributed by atoms with Gasteiger partial charge in [-0.2, -0.15) is 5.10 Å². The number of aryl methyl sites for hydroxylation is 1. The van der Waals surface area contributed by atoms with E-state index in [1.54, 1.807) is 0 Å². The van der Waals surface area contributed by atoms with Gasteiger partial charge in [-0.1, -0.05) is 0 Å². The molecule has 0 aliphatic heterocycles. The first-order valence-corrected chi connectivity index (χ1v) is 6.32. The molecule has 17 heavy (non-hydrogen) atoms. The SMILES string of the molecule is Cn1ncc(C(=O)O)c1NS(=O)(=O)C(C)(C)C. The summed E-state index contributed by atoms with van der Waals surface area (Å²) in [6.45, 7) is 4.56. The molecule has 0 radical (unpaired) electrons. The molecule has 1 aromatic rings. The van der Waals surface area contributed by atoms with Crippen LogP contribution in [0, 0.1) is 0 Å². The molecule has 0 atom stereocenters. The number of aromatic carboxylic acids is 1. The monoisotopic (exact) mass is 261 g/mol. The van der Waals surface area contributed by atoms with E-state index in [1.165, 1.54) is 32.5 Å². The van der Waals surface area contributed by atoms with Gasteiger partial charge < -0.3 is 5.11 Å². The summed E-state index contributed by atoms with van der Waals surface area (Å²) < 4.78 is 26.2. The highest BCUT2D eigenvalue weighted by Crippen LogP contribution is 2.21. The van der Waals surface area contributed by atoms with Crippen molar-refractivity contribution in [1.29, 1.82) is 0 Å². The highest BCUT2D eigenvalue weighted by molar-refractivity contribution is 7.94. The number of carboxylic acids is 1. The van der Waals surface area contributed by atoms with Crippen LogP contribution in [0.2, 0.25) is 0 Å². The van der Waals surface area contributed by atoms with Crippen LogP contribution in [0.4, 0.5) is 5.82 Å². The Bertz CT molecular complexity index is 539. The number of hydrogen-bond acceptors (Lipinski definition) is 4. The van der Waals surface area contributed by atoms with Crippen LogP contribution in [0.5, 0.6) is 0 Å². The summed E-state index contributed by atoms with van der Waals surface area (Å²) in [6.07, 6.45) is 1.10. The van der Waals surface area contributed by atoms with Crippen LogP contribution < -0.4 is 4.72 Å². The molecule has 0 saturated heterocycles. The lowest BCUT2D eigenvalue weighted by Crippen LogP contribution is -2.34. The molecule has 96 valence electrons. The van der Waals surface area contributed by atoms with E-state index in [-0.39, 0.29) is 11.4 Å². The van der Waals surface area contributed by atoms with E-state index < -0.39 is 20.7 Å². The van der Waals surface area contributed by atoms with Gasteiger partial charge in [0.2, 0.25) is 10.0 Å². The van der Waals surface area contributed by atoms with Gasteiger partial charge in [0.05, 0.1) is 10.9 Å². The van der Waals surface area contributed by atoms with E-state index in [2.05, 4.69) is 9.82 Å². The summed E-state index contributed by atoms with van der Waals surface area (Å²) in [5.41, 5.74) is -0.180. The largest absolute Gasteiger partial charge is 0.477 e. The second-order valence-electron chi connectivity index (χ2n) is 4.55. The van der Waals surface area contributed by atoms with Crippen molar-refractivity contribution in [2.45, 2.75) is 25.5 Å². The molecule has 7 nitrogen and oxygen atoms in total. The van der Waals surface area contributed by atoms with Crippen LogP contribution in [-0.4, -0.2) is 34.0 Å². The second-order valence-corrected chi connectivity index (χ2v) is 6.99. The molecule has 0 fully saturated rings. The number of sulfonamides is 1. The van der Waals surface area contributed by atoms with Crippen LogP contribution in [0.3, 0.4) is 0 Å². The predicted octanol–water partition coefficient (Wildman–Crippen LogP) is 0.658. The number of hydrogen-bond donors (Lipinski definition) is 2. The molecule has 1 rings (SSSR count). The van der Waals surface area contributed by atoms with Crippen LogP contribution in [0.25, 0.3) is 0 Å². The summed E-state index contributed by atoms with van der Waals surface area (Å²) in [7, 11) is -2.21. The smallest absolute Gasteiger partial charge is 0.341 e. The third-order valence-corrected chi connectivity index (χ3v) is 4.28. The topological polar surface area (TPSA) is 101 Å². The van der Waals surface area contributed by atoms with Gasteiger partial charge >= 0.3 is 5.97 Å². The van der Waals surface area contributed by atoms with Crippen molar-refractivity contribution < 1.29 is 18.3 Å². The molecule has 0 aromatic carbocycles. The molecule has 0 bridgehead atoms. The predicted molar refractivity (Wildman–Crippen MR) is 62.5 cm³/mol. The molecule has 0 unspecified atom stereocenters. The Morgan fingerprint density at radius 2 is 2.00 bits per heavy atom. The summed E-state index contributed by atoms with van der Waals surface area (Å²) >= 11 is 0. The van der Waals surface area contributed by atoms with Crippen molar-refractivity contribution in [1.82, 2.24) is 9.78 Å². The first-order valence-electron chi connectivity index (χ1n) is 4.84. The summed E-state index contributed by atoms with van der Waals surface area (Å²) in [6, 6.07) is 0. The Labute approximate surface area is 99.5 Å². The summed E-state index contributed by atoms with van der Waals surface area (Å²) in [5.74, 6) is -1.28. The minimum absolute atomic E-state index is 0.0487. The Morgan fingerprint density at radius 1 is 1.47 bits per heavy atom. The van der Waals surface area contributed by atoms with Gasteiger partial charge in [0.15, 0.2) is 5.82 Å². The lowest BCUT2D eigenvalue weighted by molar-refractivity contribution is 0.0698. The van der Waals surface area contributed by atoms with Crippen molar-refractivity contribution in [2.75, 3.05) is 4.72 Å². The number of nitrogens with zero attached hydrogens (tertiary/aromatic N) is 2. The molecule has 0 aliphatic rings. The minimum atomic E-state index is -3.67. The van der Waals surface area contributed by atoms with Crippen LogP contribution in [-0.2, 0) is 17.1 Å². The first-order chi connectivity index (χ1) is 7.56. The third-order valence-electron chi connectivity index (χ3n) is 2.21. The van der Waals surface area contributed by atoms with Crippen LogP contribution in [0.15, 0.2) is 6.20 Å². The number of anilines is 1. The van der Waals surface area contributed by atoms with Gasteiger partial charge in [0.1, 0.15) is 5.56 Å². The Kier molecular flexibility index (Phi) is 3.19. The van der Waals surface area contributed by atoms with Gasteiger partial charge in [-0.15, -0.1) is 0 Å². The Balaban J connectivity index is 3.21. The fourth-order valence-electron chi connectivity index (χ4n) is 0.995. The van der Waals surface area contributed by atoms with E-state index in [1.807, 2.05) is 0 Å². The molecule has 0 aliphatic carbocycles. The van der Waals surface area contributed by atoms with E-state index in [4.69, 9.17) is 5.11 Å². The van der Waals surface area contributed by atoms with Crippen molar-refractivity contribution in [2.24, 2.45) is 7.05 Å². The number of carboxylic acid groups (broad SMARTS) is 1. The van der Waals surface area contributed by atoms with Gasteiger partial charge in [-0.3, -0.25) is 9.40 Å². The van der Waals surface area contributed by atoms with E-state index in [0.29, 0.717) is 0 Å². The maximum absolute atomic E-state index is 11.9. The number of carbonyl (C=O) groups is 1. The van der Waals surface area contributed by atoms with Crippen LogP contribution in [0.1, 0.15) is 31.1 Å². The van der Waals surface area contributed by atoms with Crippen molar-refractivity contribution in [3.63, 3.8) is 0 Å². The highest BCUT2D eigenvalue weighted by atomic mass is 32.2. The normalized spacial score (nSPS) is 12.5. The quantitative estimate of drug-likeness (QED) is 0.832. The van der Waals surface area contributed by atoms with Gasteiger partial charge in [-0.25, -0.2) is 13.2 Å². The Hall–Kier alpha value is -1.57. The third kappa shape index (κ3) is 2.57. The zero-order valence-corrected chi connectivity index (χ0v) is 10.9. The van der Waals surface area contributed by atoms with Gasteiger partial charge in [0, 0.05) is 7.05 Å². The van der Waals surface area contributed by atoms with Crippen LogP contribution >= 0.6 is 0 Å². The fraction of sp³-hybridized carbons (Fsp3) is 0.556. The molecular formula is C9H15N3O4S. The molecule has 8 heteroatoms. The molecule has 2 N–H and O–H groups in total. The number of rotatable bonds is 3. The fourth-order valence-corrected chi connectivity index (χ4v) is 1.80. The molecule has 0 amide bonds. The average Bonchev–Trinajstić information content (AvgIpc) is 2.45. The molecule has 0 saturated carbocycles. The summed E-state index contributed by atoms with van der Waals surface area (Å²) in [4.78, 5) is 10.9. The van der Waals surface area contributed by atoms with Crippen molar-refractivity contribution in [3.8, 4) is 0 Å². The van der Waals surface area contributed by atoms with E-state index >= 15 is 0 Å². The number of nitrogens with one attached hydrogen (secondary N) is 1. The zero-order valence-electron chi connectivity index (χ0n) is 10.1. The summed E-state index contributed by atoms with van der Waals surface area (Å²) in [5, 5.41) is 12.6. The molecule has 1 heterocycles. The van der Waals surface area contributed by atoms with E-state index in [9.17, 15) is 13.2 Å². The molecule has 0 spiro atoms. The van der Waals surface area contributed by atoms with Crippen molar-refractivity contribution in [3.05, 3.63) is 11.8 Å². The molecular weight excluding hydrogens is 246 g/mol. The standard InChI is InChI=1S/C9H15N3O4S/c1-9(2,3)17(15,16)11-7-6(8(13)14)5-10-12(7)4/h5,11H,1-4H3,(H,13,14). The first kappa shape index (κ1) is 13.5. The highest BCUT2D eigenvalue weighted by Gasteiger charge is 2.31. The Morgan fingerprint density at radius 3 is 2.41 bits per heavy atom. The van der Waals surface area contributed by atoms with E-state index in [0.717, 1.165) is 6.20 Å². The van der Waals surface area contributed by atoms with Gasteiger partial charge in [-0.05, 0) is 20.8 Å². The maximum Gasteiger partial charge on any atom is 0.341 e. The zero-order chi connectivity index (χ0) is 13.4. The number of aromatic nitrogens is 2. The van der Waals surface area contributed by atoms with Gasteiger partial charge in [0.25, 0.3) is 0 Å². The second kappa shape index (κ2) is 4.02. The minimum Gasteiger partial charge on any atom is -0.477 e.